The second kappa shape index (κ2) is 9.55. The predicted octanol–water partition coefficient (Wildman–Crippen LogP) is 1.65. The summed E-state index contributed by atoms with van der Waals surface area (Å²) in [6.07, 6.45) is 6.47. The summed E-state index contributed by atoms with van der Waals surface area (Å²) in [6.45, 7) is 6.41. The number of aliphatic hydroxyl groups excluding tert-OH is 1. The Morgan fingerprint density at radius 1 is 1.32 bits per heavy atom. The van der Waals surface area contributed by atoms with E-state index >= 15 is 0 Å². The lowest BCUT2D eigenvalue weighted by molar-refractivity contribution is 0.233. The number of hydrogen-bond donors (Lipinski definition) is 1. The number of rotatable bonds is 8. The van der Waals surface area contributed by atoms with E-state index in [4.69, 9.17) is 16.7 Å². The van der Waals surface area contributed by atoms with E-state index in [0.717, 1.165) is 5.70 Å². The average molecular weight is 351 g/mol. The van der Waals surface area contributed by atoms with Crippen molar-refractivity contribution in [2.24, 2.45) is 5.92 Å². The highest BCUT2D eigenvalue weighted by atomic mass is 35.5. The maximum absolute atomic E-state index is 12.1. The van der Waals surface area contributed by atoms with Crippen LogP contribution < -0.4 is 0 Å². The fourth-order valence-corrected chi connectivity index (χ4v) is 4.08. The van der Waals surface area contributed by atoms with Gasteiger partial charge in [0.2, 0.25) is 10.0 Å². The van der Waals surface area contributed by atoms with Gasteiger partial charge in [0, 0.05) is 44.4 Å². The van der Waals surface area contributed by atoms with Gasteiger partial charge in [-0.3, -0.25) is 0 Å². The normalized spacial score (nSPS) is 19.8. The highest BCUT2D eigenvalue weighted by molar-refractivity contribution is 7.89. The molecule has 1 rings (SSSR count). The van der Waals surface area contributed by atoms with E-state index in [0.29, 0.717) is 38.5 Å². The molecule has 1 fully saturated rings. The minimum absolute atomic E-state index is 0.118. The molecule has 1 heterocycles. The summed E-state index contributed by atoms with van der Waals surface area (Å²) < 4.78 is 25.8. The second-order valence-corrected chi connectivity index (χ2v) is 7.94. The molecular formula is C15H27ClN2O3S. The van der Waals surface area contributed by atoms with Crippen molar-refractivity contribution in [3.8, 4) is 0 Å². The first kappa shape index (κ1) is 19.5. The number of allylic oxidation sites excluding steroid dienone is 2. The van der Waals surface area contributed by atoms with Crippen LogP contribution in [-0.4, -0.2) is 67.1 Å². The molecule has 1 saturated heterocycles. The summed E-state index contributed by atoms with van der Waals surface area (Å²) in [7, 11) is -3.18. The molecule has 0 bridgehead atoms. The standard InChI is InChI=1S/C15H27ClN2O3S/c1-3-15(6-5-14(2)13-19)17-8-10-18(11-9-17)22(20,21)12-4-7-16/h3,5-6,14,19H,4,7-13H2,1-2H3/b6-5-,15-3+/t14-/m0/s1. The summed E-state index contributed by atoms with van der Waals surface area (Å²) in [5.41, 5.74) is 1.07. The van der Waals surface area contributed by atoms with Crippen molar-refractivity contribution < 1.29 is 13.5 Å². The van der Waals surface area contributed by atoms with Crippen LogP contribution >= 0.6 is 11.6 Å². The lowest BCUT2D eigenvalue weighted by atomic mass is 10.1. The molecule has 0 aromatic carbocycles. The number of halogens is 1. The average Bonchev–Trinajstić information content (AvgIpc) is 2.53. The molecule has 128 valence electrons. The fraction of sp³-hybridized carbons (Fsp3) is 0.733. The van der Waals surface area contributed by atoms with Gasteiger partial charge >= 0.3 is 0 Å². The maximum atomic E-state index is 12.1. The maximum Gasteiger partial charge on any atom is 0.214 e. The van der Waals surface area contributed by atoms with Gasteiger partial charge in [0.05, 0.1) is 5.75 Å². The molecule has 5 nitrogen and oxygen atoms in total. The second-order valence-electron chi connectivity index (χ2n) is 5.48. The Hall–Kier alpha value is -0.560. The molecular weight excluding hydrogens is 324 g/mol. The molecule has 0 radical (unpaired) electrons. The van der Waals surface area contributed by atoms with Crippen LogP contribution in [0.4, 0.5) is 0 Å². The van der Waals surface area contributed by atoms with Crippen LogP contribution in [0.3, 0.4) is 0 Å². The summed E-state index contributed by atoms with van der Waals surface area (Å²) in [5, 5.41) is 9.06. The van der Waals surface area contributed by atoms with E-state index in [1.165, 1.54) is 0 Å². The first-order valence-electron chi connectivity index (χ1n) is 7.68. The number of alkyl halides is 1. The van der Waals surface area contributed by atoms with Crippen LogP contribution in [0.2, 0.25) is 0 Å². The third kappa shape index (κ3) is 5.91. The molecule has 0 unspecified atom stereocenters. The highest BCUT2D eigenvalue weighted by Gasteiger charge is 2.26. The summed E-state index contributed by atoms with van der Waals surface area (Å²) in [6, 6.07) is 0. The topological polar surface area (TPSA) is 60.9 Å². The lowest BCUT2D eigenvalue weighted by Crippen LogP contribution is -2.48. The van der Waals surface area contributed by atoms with Crippen LogP contribution in [-0.2, 0) is 10.0 Å². The quantitative estimate of drug-likeness (QED) is 0.534. The van der Waals surface area contributed by atoms with Gasteiger partial charge in [-0.2, -0.15) is 4.31 Å². The zero-order valence-electron chi connectivity index (χ0n) is 13.4. The van der Waals surface area contributed by atoms with Crippen molar-refractivity contribution in [2.45, 2.75) is 20.3 Å². The van der Waals surface area contributed by atoms with Gasteiger partial charge < -0.3 is 10.0 Å². The molecule has 1 atom stereocenters. The molecule has 22 heavy (non-hydrogen) atoms. The molecule has 0 saturated carbocycles. The van der Waals surface area contributed by atoms with Gasteiger partial charge in [-0.1, -0.05) is 19.1 Å². The zero-order chi connectivity index (χ0) is 16.6. The van der Waals surface area contributed by atoms with Crippen molar-refractivity contribution in [3.05, 3.63) is 23.9 Å². The van der Waals surface area contributed by atoms with Crippen LogP contribution in [0.1, 0.15) is 20.3 Å². The van der Waals surface area contributed by atoms with E-state index in [2.05, 4.69) is 4.90 Å². The van der Waals surface area contributed by atoms with Gasteiger partial charge in [0.15, 0.2) is 0 Å². The van der Waals surface area contributed by atoms with Crippen molar-refractivity contribution in [2.75, 3.05) is 44.4 Å². The van der Waals surface area contributed by atoms with Gasteiger partial charge in [0.1, 0.15) is 0 Å². The Labute approximate surface area is 139 Å². The predicted molar refractivity (Wildman–Crippen MR) is 91.4 cm³/mol. The molecule has 0 spiro atoms. The Morgan fingerprint density at radius 2 is 1.95 bits per heavy atom. The summed E-state index contributed by atoms with van der Waals surface area (Å²) in [4.78, 5) is 2.17. The van der Waals surface area contributed by atoms with Crippen molar-refractivity contribution in [1.82, 2.24) is 9.21 Å². The van der Waals surface area contributed by atoms with Gasteiger partial charge in [0.25, 0.3) is 0 Å². The molecule has 0 aromatic heterocycles. The molecule has 1 aliphatic heterocycles. The smallest absolute Gasteiger partial charge is 0.214 e. The minimum atomic E-state index is -3.18. The third-order valence-corrected chi connectivity index (χ3v) is 5.94. The zero-order valence-corrected chi connectivity index (χ0v) is 15.0. The molecule has 1 N–H and O–H groups in total. The van der Waals surface area contributed by atoms with Crippen LogP contribution in [0, 0.1) is 5.92 Å². The molecule has 7 heteroatoms. The van der Waals surface area contributed by atoms with E-state index < -0.39 is 10.0 Å². The number of piperazine rings is 1. The van der Waals surface area contributed by atoms with E-state index in [1.54, 1.807) is 4.31 Å². The van der Waals surface area contributed by atoms with E-state index in [9.17, 15) is 8.42 Å². The third-order valence-electron chi connectivity index (χ3n) is 3.71. The van der Waals surface area contributed by atoms with E-state index in [1.807, 2.05) is 32.1 Å². The van der Waals surface area contributed by atoms with Crippen molar-refractivity contribution in [3.63, 3.8) is 0 Å². The fourth-order valence-electron chi connectivity index (χ4n) is 2.30. The Kier molecular flexibility index (Phi) is 8.46. The Balaban J connectivity index is 2.58. The van der Waals surface area contributed by atoms with Crippen LogP contribution in [0.25, 0.3) is 0 Å². The van der Waals surface area contributed by atoms with Gasteiger partial charge in [-0.05, 0) is 25.3 Å². The molecule has 0 aromatic rings. The molecule has 0 amide bonds. The number of hydrogen-bond acceptors (Lipinski definition) is 4. The molecule has 1 aliphatic rings. The highest BCUT2D eigenvalue weighted by Crippen LogP contribution is 2.15. The Bertz CT molecular complexity index is 483. The van der Waals surface area contributed by atoms with Crippen molar-refractivity contribution >= 4 is 21.6 Å². The van der Waals surface area contributed by atoms with Crippen LogP contribution in [0.15, 0.2) is 23.9 Å². The van der Waals surface area contributed by atoms with E-state index in [-0.39, 0.29) is 18.3 Å². The largest absolute Gasteiger partial charge is 0.396 e. The minimum Gasteiger partial charge on any atom is -0.396 e. The van der Waals surface area contributed by atoms with Gasteiger partial charge in [-0.15, -0.1) is 11.6 Å². The number of nitrogens with zero attached hydrogens (tertiary/aromatic N) is 2. The summed E-state index contributed by atoms with van der Waals surface area (Å²) >= 11 is 5.58. The lowest BCUT2D eigenvalue weighted by Gasteiger charge is -2.36. The first-order valence-corrected chi connectivity index (χ1v) is 9.83. The Morgan fingerprint density at radius 3 is 2.45 bits per heavy atom. The summed E-state index contributed by atoms with van der Waals surface area (Å²) in [5.74, 6) is 0.614. The monoisotopic (exact) mass is 350 g/mol. The van der Waals surface area contributed by atoms with Crippen LogP contribution in [0.5, 0.6) is 0 Å². The number of aliphatic hydroxyl groups is 1. The first-order chi connectivity index (χ1) is 10.4. The number of sulfonamides is 1. The van der Waals surface area contributed by atoms with Gasteiger partial charge in [-0.25, -0.2) is 8.42 Å². The molecule has 0 aliphatic carbocycles. The van der Waals surface area contributed by atoms with Crippen molar-refractivity contribution in [1.29, 1.82) is 0 Å². The SMILES string of the molecule is C/C=C(\C=C/[C@H](C)CO)N1CCN(S(=O)(=O)CCCCl)CC1.